The molecule has 3 heteroatoms. The molecular formula is C4H11O2P. The Morgan fingerprint density at radius 3 is 2.00 bits per heavy atom. The summed E-state index contributed by atoms with van der Waals surface area (Å²) < 4.78 is 0. The van der Waals surface area contributed by atoms with Crippen LogP contribution in [0.5, 0.6) is 0 Å². The van der Waals surface area contributed by atoms with E-state index < -0.39 is 5.97 Å². The van der Waals surface area contributed by atoms with Gasteiger partial charge in [0, 0.05) is 0 Å². The maximum atomic E-state index is 9.68. The molecule has 0 radical (unpaired) electrons. The molecule has 0 saturated heterocycles. The van der Waals surface area contributed by atoms with E-state index in [1.165, 1.54) is 0 Å². The molecule has 0 aliphatic rings. The Balaban J connectivity index is 0. The Labute approximate surface area is 46.1 Å². The lowest BCUT2D eigenvalue weighted by Gasteiger charge is -1.89. The third kappa shape index (κ3) is 5.90. The van der Waals surface area contributed by atoms with Gasteiger partial charge in [-0.15, -0.1) is 9.24 Å². The largest absolute Gasteiger partial charge is 0.481 e. The third-order valence-corrected chi connectivity index (χ3v) is 0.675. The molecule has 7 heavy (non-hydrogen) atoms. The van der Waals surface area contributed by atoms with Crippen molar-refractivity contribution >= 4 is 15.2 Å². The Hall–Kier alpha value is -0.100. The van der Waals surface area contributed by atoms with Crippen LogP contribution in [0.1, 0.15) is 14.4 Å². The Kier molecular flexibility index (Phi) is 5.82. The first-order valence-corrected chi connectivity index (χ1v) is 2.29. The second kappa shape index (κ2) is 4.07. The molecule has 0 saturated carbocycles. The van der Waals surface area contributed by atoms with Crippen molar-refractivity contribution in [1.82, 2.24) is 0 Å². The number of carboxylic acid groups (broad SMARTS) is 1. The van der Waals surface area contributed by atoms with E-state index in [0.717, 1.165) is 0 Å². The molecule has 0 bridgehead atoms. The van der Waals surface area contributed by atoms with Gasteiger partial charge >= 0.3 is 5.97 Å². The fourth-order valence-electron chi connectivity index (χ4n) is 0. The van der Waals surface area contributed by atoms with E-state index in [1.54, 1.807) is 6.92 Å². The van der Waals surface area contributed by atoms with Gasteiger partial charge in [0.05, 0.1) is 5.66 Å². The second-order valence-electron chi connectivity index (χ2n) is 1.13. The minimum atomic E-state index is -0.778. The summed E-state index contributed by atoms with van der Waals surface area (Å²) in [6, 6.07) is 0. The van der Waals surface area contributed by atoms with E-state index >= 15 is 0 Å². The molecule has 1 N–H and O–H groups in total. The summed E-state index contributed by atoms with van der Waals surface area (Å²) in [5.74, 6) is -0.778. The molecule has 0 amide bonds. The first-order chi connectivity index (χ1) is 2.64. The van der Waals surface area contributed by atoms with E-state index in [4.69, 9.17) is 5.11 Å². The zero-order valence-corrected chi connectivity index (χ0v) is 4.66. The number of rotatable bonds is 1. The Bertz CT molecular complexity index is 60.7. The maximum Gasteiger partial charge on any atom is 0.310 e. The molecule has 0 aromatic heterocycles. The molecule has 0 fully saturated rings. The average Bonchev–Trinajstić information content (AvgIpc) is 1.36. The van der Waals surface area contributed by atoms with Crippen LogP contribution < -0.4 is 0 Å². The maximum absolute atomic E-state index is 9.68. The van der Waals surface area contributed by atoms with Crippen LogP contribution in [0, 0.1) is 0 Å². The number of carboxylic acids is 1. The van der Waals surface area contributed by atoms with Crippen LogP contribution in [0.25, 0.3) is 0 Å². The molecule has 0 aromatic carbocycles. The van der Waals surface area contributed by atoms with E-state index in [9.17, 15) is 4.79 Å². The molecule has 2 unspecified atom stereocenters. The highest BCUT2D eigenvalue weighted by Crippen LogP contribution is 1.94. The minimum absolute atomic E-state index is 0. The number of aliphatic carboxylic acids is 1. The summed E-state index contributed by atoms with van der Waals surface area (Å²) in [5.41, 5.74) is -0.315. The quantitative estimate of drug-likeness (QED) is 0.526. The summed E-state index contributed by atoms with van der Waals surface area (Å²) in [6.45, 7) is 1.60. The van der Waals surface area contributed by atoms with Crippen LogP contribution in [-0.4, -0.2) is 16.7 Å². The van der Waals surface area contributed by atoms with Crippen molar-refractivity contribution in [3.05, 3.63) is 0 Å². The van der Waals surface area contributed by atoms with Gasteiger partial charge in [-0.05, 0) is 6.92 Å². The highest BCUT2D eigenvalue weighted by molar-refractivity contribution is 7.19. The molecule has 0 aliphatic heterocycles. The SMILES string of the molecule is C.CC(P)C(=O)O. The number of hydrogen-bond acceptors (Lipinski definition) is 1. The van der Waals surface area contributed by atoms with Gasteiger partial charge < -0.3 is 5.11 Å². The van der Waals surface area contributed by atoms with Crippen LogP contribution in [0.15, 0.2) is 0 Å². The van der Waals surface area contributed by atoms with Crippen molar-refractivity contribution in [3.8, 4) is 0 Å². The highest BCUT2D eigenvalue weighted by Gasteiger charge is 1.99. The smallest absolute Gasteiger partial charge is 0.310 e. The molecule has 44 valence electrons. The van der Waals surface area contributed by atoms with Crippen molar-refractivity contribution in [2.45, 2.75) is 20.0 Å². The van der Waals surface area contributed by atoms with Crippen LogP contribution in [0.4, 0.5) is 0 Å². The van der Waals surface area contributed by atoms with E-state index in [-0.39, 0.29) is 13.1 Å². The molecule has 0 rings (SSSR count). The lowest BCUT2D eigenvalue weighted by atomic mass is 10.5. The molecule has 0 spiro atoms. The van der Waals surface area contributed by atoms with E-state index in [1.807, 2.05) is 0 Å². The summed E-state index contributed by atoms with van der Waals surface area (Å²) in [4.78, 5) is 9.68. The summed E-state index contributed by atoms with van der Waals surface area (Å²) in [6.07, 6.45) is 0. The predicted molar refractivity (Wildman–Crippen MR) is 33.5 cm³/mol. The molecule has 0 aliphatic carbocycles. The van der Waals surface area contributed by atoms with Crippen LogP contribution in [0.3, 0.4) is 0 Å². The van der Waals surface area contributed by atoms with Crippen molar-refractivity contribution in [2.75, 3.05) is 0 Å². The summed E-state index contributed by atoms with van der Waals surface area (Å²) in [7, 11) is 2.17. The topological polar surface area (TPSA) is 37.3 Å². The highest BCUT2D eigenvalue weighted by atomic mass is 31.0. The third-order valence-electron chi connectivity index (χ3n) is 0.390. The summed E-state index contributed by atoms with van der Waals surface area (Å²) >= 11 is 0. The second-order valence-corrected chi connectivity index (χ2v) is 2.13. The normalized spacial score (nSPS) is 11.7. The van der Waals surface area contributed by atoms with Gasteiger partial charge in [0.15, 0.2) is 0 Å². The summed E-state index contributed by atoms with van der Waals surface area (Å²) in [5, 5.41) is 7.97. The fourth-order valence-corrected chi connectivity index (χ4v) is 0. The van der Waals surface area contributed by atoms with Crippen molar-refractivity contribution < 1.29 is 9.90 Å². The van der Waals surface area contributed by atoms with Crippen molar-refractivity contribution in [2.24, 2.45) is 0 Å². The monoisotopic (exact) mass is 122 g/mol. The molecule has 0 heterocycles. The van der Waals surface area contributed by atoms with Crippen molar-refractivity contribution in [1.29, 1.82) is 0 Å². The first kappa shape index (κ1) is 10.0. The van der Waals surface area contributed by atoms with Gasteiger partial charge in [0.1, 0.15) is 0 Å². The fraction of sp³-hybridized carbons (Fsp3) is 0.750. The van der Waals surface area contributed by atoms with Gasteiger partial charge in [-0.2, -0.15) is 0 Å². The number of hydrogen-bond donors (Lipinski definition) is 1. The predicted octanol–water partition coefficient (Wildman–Crippen LogP) is 0.971. The standard InChI is InChI=1S/C3H7O2P.CH4/c1-2(6)3(4)5;/h2H,6H2,1H3,(H,4,5);1H4. The Morgan fingerprint density at radius 1 is 1.86 bits per heavy atom. The average molecular weight is 122 g/mol. The molecule has 2 atom stereocenters. The van der Waals surface area contributed by atoms with E-state index in [2.05, 4.69) is 9.24 Å². The van der Waals surface area contributed by atoms with Gasteiger partial charge in [-0.25, -0.2) is 0 Å². The van der Waals surface area contributed by atoms with E-state index in [0.29, 0.717) is 0 Å². The zero-order valence-electron chi connectivity index (χ0n) is 3.51. The molecule has 0 aromatic rings. The lowest BCUT2D eigenvalue weighted by Crippen LogP contribution is -2.06. The first-order valence-electron chi connectivity index (χ1n) is 1.63. The van der Waals surface area contributed by atoms with Crippen LogP contribution in [0.2, 0.25) is 0 Å². The van der Waals surface area contributed by atoms with Crippen LogP contribution in [-0.2, 0) is 4.79 Å². The van der Waals surface area contributed by atoms with Crippen molar-refractivity contribution in [3.63, 3.8) is 0 Å². The van der Waals surface area contributed by atoms with Gasteiger partial charge in [0.2, 0.25) is 0 Å². The number of carbonyl (C=O) groups is 1. The van der Waals surface area contributed by atoms with Gasteiger partial charge in [-0.3, -0.25) is 4.79 Å². The van der Waals surface area contributed by atoms with Gasteiger partial charge in [0.25, 0.3) is 0 Å². The molecular weight excluding hydrogens is 111 g/mol. The van der Waals surface area contributed by atoms with Crippen LogP contribution >= 0.6 is 9.24 Å². The zero-order chi connectivity index (χ0) is 5.15. The minimum Gasteiger partial charge on any atom is -0.481 e. The van der Waals surface area contributed by atoms with Gasteiger partial charge in [-0.1, -0.05) is 7.43 Å². The molecule has 2 nitrogen and oxygen atoms in total. The lowest BCUT2D eigenvalue weighted by molar-refractivity contribution is -0.136. The Morgan fingerprint density at radius 2 is 2.00 bits per heavy atom.